The Bertz CT molecular complexity index is 1240. The first-order valence-corrected chi connectivity index (χ1v) is 11.4. The van der Waals surface area contributed by atoms with Crippen molar-refractivity contribution in [2.24, 2.45) is 0 Å². The lowest BCUT2D eigenvalue weighted by Crippen LogP contribution is -2.35. The molecule has 0 fully saturated rings. The Morgan fingerprint density at radius 1 is 1.10 bits per heavy atom. The van der Waals surface area contributed by atoms with Gasteiger partial charge in [0.05, 0.1) is 26.9 Å². The second kappa shape index (κ2) is 8.56. The van der Waals surface area contributed by atoms with Crippen molar-refractivity contribution >= 4 is 39.1 Å². The third-order valence-electron chi connectivity index (χ3n) is 5.05. The number of H-pyrrole nitrogens is 1. The monoisotopic (exact) mass is 458 g/mol. The highest BCUT2D eigenvalue weighted by Crippen LogP contribution is 2.32. The lowest BCUT2D eigenvalue weighted by atomic mass is 10.0. The molecule has 3 aromatic rings. The van der Waals surface area contributed by atoms with E-state index in [1.165, 1.54) is 22.5 Å². The summed E-state index contributed by atoms with van der Waals surface area (Å²) in [6.07, 6.45) is 3.08. The number of aromatic amines is 1. The summed E-state index contributed by atoms with van der Waals surface area (Å²) < 4.78 is 33.1. The van der Waals surface area contributed by atoms with Gasteiger partial charge in [-0.3, -0.25) is 9.10 Å². The molecule has 0 saturated heterocycles. The average Bonchev–Trinajstić information content (AvgIpc) is 3.32. The van der Waals surface area contributed by atoms with Crippen LogP contribution in [0.3, 0.4) is 0 Å². The standard InChI is InChI=1S/C22H19ClN2O5S/c23-18-10-9-16(13-17(18)22(27)30-14-21(26)19-7-3-11-24-19)31(28,29)25-12-4-6-15-5-1-2-8-20(15)25/h1-3,5,7-11,13,24H,4,6,12,14H2. The van der Waals surface area contributed by atoms with Gasteiger partial charge in [0, 0.05) is 12.7 Å². The van der Waals surface area contributed by atoms with E-state index in [1.807, 2.05) is 12.1 Å². The predicted molar refractivity (Wildman–Crippen MR) is 116 cm³/mol. The van der Waals surface area contributed by atoms with Crippen molar-refractivity contribution in [2.75, 3.05) is 17.5 Å². The second-order valence-electron chi connectivity index (χ2n) is 7.03. The number of carbonyl (C=O) groups excluding carboxylic acids is 2. The first-order chi connectivity index (χ1) is 14.9. The molecular formula is C22H19ClN2O5S. The highest BCUT2D eigenvalue weighted by atomic mass is 35.5. The van der Waals surface area contributed by atoms with E-state index >= 15 is 0 Å². The molecule has 1 aliphatic rings. The largest absolute Gasteiger partial charge is 0.454 e. The van der Waals surface area contributed by atoms with E-state index in [1.54, 1.807) is 30.5 Å². The summed E-state index contributed by atoms with van der Waals surface area (Å²) in [7, 11) is -3.92. The molecule has 31 heavy (non-hydrogen) atoms. The van der Waals surface area contributed by atoms with E-state index in [4.69, 9.17) is 16.3 Å². The number of benzene rings is 2. The molecule has 0 bridgehead atoms. The zero-order valence-corrected chi connectivity index (χ0v) is 17.9. The molecule has 4 rings (SSSR count). The third-order valence-corrected chi connectivity index (χ3v) is 7.18. The molecule has 0 amide bonds. The van der Waals surface area contributed by atoms with Crippen molar-refractivity contribution in [1.29, 1.82) is 0 Å². The van der Waals surface area contributed by atoms with Gasteiger partial charge in [-0.1, -0.05) is 29.8 Å². The summed E-state index contributed by atoms with van der Waals surface area (Å²) in [5, 5.41) is 0.0373. The number of aryl methyl sites for hydroxylation is 1. The van der Waals surface area contributed by atoms with Crippen molar-refractivity contribution in [1.82, 2.24) is 4.98 Å². The van der Waals surface area contributed by atoms with Crippen molar-refractivity contribution in [3.05, 3.63) is 82.6 Å². The maximum atomic E-state index is 13.3. The number of anilines is 1. The Labute approximate surface area is 184 Å². The fraction of sp³-hybridized carbons (Fsp3) is 0.182. The van der Waals surface area contributed by atoms with E-state index < -0.39 is 28.4 Å². The van der Waals surface area contributed by atoms with Crippen molar-refractivity contribution < 1.29 is 22.7 Å². The lowest BCUT2D eigenvalue weighted by molar-refractivity contribution is 0.0473. The minimum absolute atomic E-state index is 0.0373. The first kappa shape index (κ1) is 21.1. The fourth-order valence-electron chi connectivity index (χ4n) is 3.49. The molecule has 1 aliphatic heterocycles. The molecule has 2 aromatic carbocycles. The van der Waals surface area contributed by atoms with Crippen LogP contribution in [0.5, 0.6) is 0 Å². The molecule has 0 aliphatic carbocycles. The lowest BCUT2D eigenvalue weighted by Gasteiger charge is -2.30. The van der Waals surface area contributed by atoms with Crippen molar-refractivity contribution in [3.8, 4) is 0 Å². The van der Waals surface area contributed by atoms with Gasteiger partial charge < -0.3 is 9.72 Å². The number of fused-ring (bicyclic) bond motifs is 1. The van der Waals surface area contributed by atoms with Gasteiger partial charge in [0.15, 0.2) is 6.61 Å². The van der Waals surface area contributed by atoms with Crippen LogP contribution in [0.25, 0.3) is 0 Å². The first-order valence-electron chi connectivity index (χ1n) is 9.62. The van der Waals surface area contributed by atoms with Crippen LogP contribution in [0, 0.1) is 0 Å². The number of sulfonamides is 1. The Kier molecular flexibility index (Phi) is 5.84. The number of Topliss-reactive ketones (excluding diaryl/α,β-unsaturated/α-hetero) is 1. The van der Waals surface area contributed by atoms with Crippen LogP contribution in [0.1, 0.15) is 32.8 Å². The van der Waals surface area contributed by atoms with Crippen LogP contribution in [0.4, 0.5) is 5.69 Å². The maximum Gasteiger partial charge on any atom is 0.340 e. The number of rotatable bonds is 6. The van der Waals surface area contributed by atoms with Crippen LogP contribution in [-0.4, -0.2) is 38.3 Å². The number of carbonyl (C=O) groups is 2. The minimum Gasteiger partial charge on any atom is -0.454 e. The van der Waals surface area contributed by atoms with Crippen LogP contribution in [0.2, 0.25) is 5.02 Å². The SMILES string of the molecule is O=C(COC(=O)c1cc(S(=O)(=O)N2CCCc3ccccc32)ccc1Cl)c1ccc[nH]1. The number of halogens is 1. The molecule has 160 valence electrons. The number of para-hydroxylation sites is 1. The topological polar surface area (TPSA) is 96.5 Å². The van der Waals surface area contributed by atoms with Gasteiger partial charge in [0.25, 0.3) is 10.0 Å². The predicted octanol–water partition coefficient (Wildman–Crippen LogP) is 3.85. The molecule has 0 radical (unpaired) electrons. The number of nitrogens with zero attached hydrogens (tertiary/aromatic N) is 1. The quantitative estimate of drug-likeness (QED) is 0.447. The van der Waals surface area contributed by atoms with Gasteiger partial charge in [-0.2, -0.15) is 0 Å². The molecule has 0 spiro atoms. The zero-order valence-electron chi connectivity index (χ0n) is 16.4. The normalized spacial score (nSPS) is 13.5. The molecule has 7 nitrogen and oxygen atoms in total. The highest BCUT2D eigenvalue weighted by molar-refractivity contribution is 7.92. The molecular weight excluding hydrogens is 440 g/mol. The summed E-state index contributed by atoms with van der Waals surface area (Å²) in [5.41, 5.74) is 1.77. The van der Waals surface area contributed by atoms with E-state index in [2.05, 4.69) is 4.98 Å². The molecule has 1 aromatic heterocycles. The summed E-state index contributed by atoms with van der Waals surface area (Å²) in [6, 6.07) is 14.4. The Morgan fingerprint density at radius 2 is 1.90 bits per heavy atom. The molecule has 0 saturated carbocycles. The Morgan fingerprint density at radius 3 is 2.68 bits per heavy atom. The second-order valence-corrected chi connectivity index (χ2v) is 9.30. The van der Waals surface area contributed by atoms with E-state index in [9.17, 15) is 18.0 Å². The molecule has 0 unspecified atom stereocenters. The molecule has 1 N–H and O–H groups in total. The molecule has 9 heteroatoms. The van der Waals surface area contributed by atoms with Crippen LogP contribution in [-0.2, 0) is 21.2 Å². The number of ether oxygens (including phenoxy) is 1. The van der Waals surface area contributed by atoms with Crippen LogP contribution in [0.15, 0.2) is 65.7 Å². The summed E-state index contributed by atoms with van der Waals surface area (Å²) in [4.78, 5) is 27.2. The zero-order chi connectivity index (χ0) is 22.0. The molecule has 0 atom stereocenters. The van der Waals surface area contributed by atoms with Gasteiger partial charge >= 0.3 is 5.97 Å². The summed E-state index contributed by atoms with van der Waals surface area (Å²) in [6.45, 7) is -0.154. The average molecular weight is 459 g/mol. The minimum atomic E-state index is -3.92. The van der Waals surface area contributed by atoms with Crippen LogP contribution < -0.4 is 4.31 Å². The number of ketones is 1. The van der Waals surface area contributed by atoms with E-state index in [0.29, 0.717) is 24.3 Å². The van der Waals surface area contributed by atoms with Gasteiger partial charge in [-0.15, -0.1) is 0 Å². The van der Waals surface area contributed by atoms with E-state index in [0.717, 1.165) is 12.0 Å². The number of hydrogen-bond acceptors (Lipinski definition) is 5. The van der Waals surface area contributed by atoms with Gasteiger partial charge in [0.1, 0.15) is 0 Å². The Balaban J connectivity index is 1.59. The summed E-state index contributed by atoms with van der Waals surface area (Å²) in [5.74, 6) is -1.29. The third kappa shape index (κ3) is 4.22. The van der Waals surface area contributed by atoms with E-state index in [-0.39, 0.29) is 15.5 Å². The smallest absolute Gasteiger partial charge is 0.340 e. The Hall–Kier alpha value is -3.10. The van der Waals surface area contributed by atoms with Gasteiger partial charge in [-0.05, 0) is 54.8 Å². The highest BCUT2D eigenvalue weighted by Gasteiger charge is 2.30. The maximum absolute atomic E-state index is 13.3. The van der Waals surface area contributed by atoms with Gasteiger partial charge in [0.2, 0.25) is 5.78 Å². The molecule has 2 heterocycles. The van der Waals surface area contributed by atoms with Crippen molar-refractivity contribution in [3.63, 3.8) is 0 Å². The van der Waals surface area contributed by atoms with Crippen molar-refractivity contribution in [2.45, 2.75) is 17.7 Å². The van der Waals surface area contributed by atoms with Gasteiger partial charge in [-0.25, -0.2) is 13.2 Å². The number of hydrogen-bond donors (Lipinski definition) is 1. The number of aromatic nitrogens is 1. The van der Waals surface area contributed by atoms with Crippen LogP contribution >= 0.6 is 11.6 Å². The number of esters is 1. The summed E-state index contributed by atoms with van der Waals surface area (Å²) >= 11 is 6.12. The fourth-order valence-corrected chi connectivity index (χ4v) is 5.25. The number of nitrogens with one attached hydrogen (secondary N) is 1.